The van der Waals surface area contributed by atoms with Crippen LogP contribution in [0.4, 0.5) is 0 Å². The third kappa shape index (κ3) is 1.99. The molecule has 4 fully saturated rings. The molecule has 7 rings (SSSR count). The van der Waals surface area contributed by atoms with Gasteiger partial charge in [0.25, 0.3) is 5.91 Å². The van der Waals surface area contributed by atoms with Gasteiger partial charge in [0, 0.05) is 23.2 Å². The maximum Gasteiger partial charge on any atom is 0.261 e. The zero-order valence-electron chi connectivity index (χ0n) is 14.1. The summed E-state index contributed by atoms with van der Waals surface area (Å²) in [6, 6.07) is 6.50. The largest absolute Gasteiger partial charge is 0.493 e. The number of ether oxygens (including phenoxy) is 1. The molecule has 3 heterocycles. The number of benzene rings is 1. The van der Waals surface area contributed by atoms with E-state index in [1.54, 1.807) is 11.3 Å². The molecule has 5 heteroatoms. The Morgan fingerprint density at radius 2 is 2.12 bits per heavy atom. The molecule has 3 saturated carbocycles. The summed E-state index contributed by atoms with van der Waals surface area (Å²) in [7, 11) is 0. The van der Waals surface area contributed by atoms with E-state index in [1.165, 1.54) is 41.3 Å². The molecule has 0 radical (unpaired) electrons. The number of thiophene rings is 1. The highest BCUT2D eigenvalue weighted by atomic mass is 32.1. The summed E-state index contributed by atoms with van der Waals surface area (Å²) in [5.74, 6) is 2.51. The van der Waals surface area contributed by atoms with Crippen LogP contribution in [0.2, 0.25) is 0 Å². The van der Waals surface area contributed by atoms with Gasteiger partial charge in [-0.2, -0.15) is 0 Å². The van der Waals surface area contributed by atoms with Gasteiger partial charge in [0.2, 0.25) is 0 Å². The van der Waals surface area contributed by atoms with E-state index in [1.807, 2.05) is 6.07 Å². The Bertz CT molecular complexity index is 877. The number of hydrogen-bond acceptors (Lipinski definition) is 4. The van der Waals surface area contributed by atoms with Crippen LogP contribution in [-0.2, 0) is 6.42 Å². The van der Waals surface area contributed by atoms with Crippen LogP contribution in [0.1, 0.15) is 40.9 Å². The second-order valence-electron chi connectivity index (χ2n) is 8.13. The van der Waals surface area contributed by atoms with Crippen molar-refractivity contribution in [2.45, 2.75) is 43.7 Å². The van der Waals surface area contributed by atoms with Gasteiger partial charge in [-0.25, -0.2) is 0 Å². The van der Waals surface area contributed by atoms with Crippen molar-refractivity contribution in [1.29, 1.82) is 0 Å². The van der Waals surface area contributed by atoms with E-state index in [-0.39, 0.29) is 11.4 Å². The molecule has 2 bridgehead atoms. The van der Waals surface area contributed by atoms with Gasteiger partial charge in [-0.1, -0.05) is 0 Å². The first kappa shape index (κ1) is 14.6. The van der Waals surface area contributed by atoms with Crippen molar-refractivity contribution in [2.24, 2.45) is 11.8 Å². The second kappa shape index (κ2) is 4.98. The Morgan fingerprint density at radius 3 is 2.92 bits per heavy atom. The molecule has 25 heavy (non-hydrogen) atoms. The molecule has 2 aromatic rings. The minimum atomic E-state index is 0.111. The SMILES string of the molecule is O=C(NC1C2CCC(CC2)[C@@]12CN2)c1cc2ccc3c(c2s1)CCO3. The first-order valence-corrected chi connectivity index (χ1v) is 10.3. The van der Waals surface area contributed by atoms with Crippen molar-refractivity contribution >= 4 is 27.3 Å². The third-order valence-corrected chi connectivity index (χ3v) is 8.19. The molecule has 1 amide bonds. The molecule has 3 aliphatic carbocycles. The third-order valence-electron chi connectivity index (χ3n) is 6.98. The highest BCUT2D eigenvalue weighted by Crippen LogP contribution is 2.51. The predicted octanol–water partition coefficient (Wildman–Crippen LogP) is 3.10. The van der Waals surface area contributed by atoms with Gasteiger partial charge in [-0.05, 0) is 61.1 Å². The summed E-state index contributed by atoms with van der Waals surface area (Å²) in [4.78, 5) is 13.9. The lowest BCUT2D eigenvalue weighted by Crippen LogP contribution is -2.60. The van der Waals surface area contributed by atoms with Crippen molar-refractivity contribution in [2.75, 3.05) is 13.2 Å². The normalized spacial score (nSPS) is 35.0. The topological polar surface area (TPSA) is 60.3 Å². The van der Waals surface area contributed by atoms with Crippen LogP contribution in [-0.4, -0.2) is 30.6 Å². The fourth-order valence-corrected chi connectivity index (χ4v) is 6.73. The van der Waals surface area contributed by atoms with Crippen LogP contribution in [0.25, 0.3) is 10.1 Å². The van der Waals surface area contributed by atoms with Crippen molar-refractivity contribution < 1.29 is 9.53 Å². The first-order chi connectivity index (χ1) is 12.2. The molecule has 1 spiro atoms. The van der Waals surface area contributed by atoms with Crippen molar-refractivity contribution in [3.05, 3.63) is 28.6 Å². The summed E-state index contributed by atoms with van der Waals surface area (Å²) in [5.41, 5.74) is 1.49. The Morgan fingerprint density at radius 1 is 1.28 bits per heavy atom. The minimum Gasteiger partial charge on any atom is -0.493 e. The highest BCUT2D eigenvalue weighted by Gasteiger charge is 2.61. The zero-order chi connectivity index (χ0) is 16.6. The van der Waals surface area contributed by atoms with Crippen LogP contribution < -0.4 is 15.4 Å². The first-order valence-electron chi connectivity index (χ1n) is 9.49. The lowest BCUT2D eigenvalue weighted by Gasteiger charge is -2.48. The molecule has 2 atom stereocenters. The summed E-state index contributed by atoms with van der Waals surface area (Å²) in [6.45, 7) is 1.84. The van der Waals surface area contributed by atoms with E-state index in [4.69, 9.17) is 4.74 Å². The molecule has 1 unspecified atom stereocenters. The van der Waals surface area contributed by atoms with Crippen LogP contribution in [0, 0.1) is 11.8 Å². The average Bonchev–Trinajstić information content (AvgIpc) is 3.08. The smallest absolute Gasteiger partial charge is 0.261 e. The Balaban J connectivity index is 1.31. The number of hydrogen-bond donors (Lipinski definition) is 2. The molecule has 1 saturated heterocycles. The molecule has 1 aromatic carbocycles. The monoisotopic (exact) mass is 354 g/mol. The van der Waals surface area contributed by atoms with Crippen molar-refractivity contribution in [3.63, 3.8) is 0 Å². The zero-order valence-corrected chi connectivity index (χ0v) is 15.0. The van der Waals surface area contributed by atoms with Gasteiger partial charge in [0.15, 0.2) is 0 Å². The quantitative estimate of drug-likeness (QED) is 0.815. The number of fused-ring (bicyclic) bond motifs is 5. The van der Waals surface area contributed by atoms with Gasteiger partial charge >= 0.3 is 0 Å². The lowest BCUT2D eigenvalue weighted by molar-refractivity contribution is 0.0637. The Labute approximate surface area is 150 Å². The van der Waals surface area contributed by atoms with Gasteiger partial charge in [-0.15, -0.1) is 11.3 Å². The van der Waals surface area contributed by atoms with E-state index in [2.05, 4.69) is 22.8 Å². The lowest BCUT2D eigenvalue weighted by atomic mass is 9.61. The standard InChI is InChI=1S/C20H22N2O2S/c23-19(22-18-11-1-4-13(5-2-11)20(18)10-21-20)16-9-12-3-6-15-14(7-8-24-15)17(12)25-16/h3,6,9,11,13,18,21H,1-2,4-5,7-8,10H2,(H,22,23)/t11?,13?,18?,20-/m0/s1. The minimum absolute atomic E-state index is 0.111. The molecule has 5 aliphatic rings. The molecular weight excluding hydrogens is 332 g/mol. The Kier molecular flexibility index (Phi) is 2.90. The molecule has 4 nitrogen and oxygen atoms in total. The summed E-state index contributed by atoms with van der Waals surface area (Å²) < 4.78 is 6.89. The van der Waals surface area contributed by atoms with Crippen molar-refractivity contribution in [3.8, 4) is 5.75 Å². The highest BCUT2D eigenvalue weighted by molar-refractivity contribution is 7.21. The van der Waals surface area contributed by atoms with E-state index in [0.717, 1.165) is 36.1 Å². The Hall–Kier alpha value is -1.59. The van der Waals surface area contributed by atoms with Crippen LogP contribution >= 0.6 is 11.3 Å². The maximum atomic E-state index is 13.0. The van der Waals surface area contributed by atoms with E-state index in [9.17, 15) is 4.79 Å². The van der Waals surface area contributed by atoms with Gasteiger partial charge in [0.1, 0.15) is 5.75 Å². The fraction of sp³-hybridized carbons (Fsp3) is 0.550. The van der Waals surface area contributed by atoms with Gasteiger partial charge in [-0.3, -0.25) is 4.79 Å². The summed E-state index contributed by atoms with van der Waals surface area (Å²) >= 11 is 1.63. The van der Waals surface area contributed by atoms with Crippen LogP contribution in [0.3, 0.4) is 0 Å². The molecule has 2 N–H and O–H groups in total. The maximum absolute atomic E-state index is 13.0. The predicted molar refractivity (Wildman–Crippen MR) is 98.5 cm³/mol. The van der Waals surface area contributed by atoms with E-state index < -0.39 is 0 Å². The molecule has 1 aromatic heterocycles. The molecule has 2 aliphatic heterocycles. The van der Waals surface area contributed by atoms with Gasteiger partial charge in [0.05, 0.1) is 23.1 Å². The van der Waals surface area contributed by atoms with Crippen LogP contribution in [0.15, 0.2) is 18.2 Å². The summed E-state index contributed by atoms with van der Waals surface area (Å²) in [6.07, 6.45) is 6.17. The fourth-order valence-electron chi connectivity index (χ4n) is 5.60. The number of nitrogens with one attached hydrogen (secondary N) is 2. The second-order valence-corrected chi connectivity index (χ2v) is 9.18. The molecule has 130 valence electrons. The van der Waals surface area contributed by atoms with Gasteiger partial charge < -0.3 is 15.4 Å². The number of amides is 1. The summed E-state index contributed by atoms with van der Waals surface area (Å²) in [5, 5.41) is 8.22. The number of rotatable bonds is 2. The van der Waals surface area contributed by atoms with E-state index in [0.29, 0.717) is 12.0 Å². The number of carbonyl (C=O) groups is 1. The van der Waals surface area contributed by atoms with Crippen molar-refractivity contribution in [1.82, 2.24) is 10.6 Å². The molecular formula is C20H22N2O2S. The average molecular weight is 354 g/mol. The number of carbonyl (C=O) groups excluding carboxylic acids is 1. The van der Waals surface area contributed by atoms with Crippen LogP contribution in [0.5, 0.6) is 5.75 Å². The van der Waals surface area contributed by atoms with E-state index >= 15 is 0 Å².